The molecule has 0 aromatic carbocycles. The van der Waals surface area contributed by atoms with Gasteiger partial charge in [-0.25, -0.2) is 9.78 Å². The lowest BCUT2D eigenvalue weighted by atomic mass is 9.88. The number of carbonyl (C=O) groups is 4. The molecule has 1 aromatic rings. The van der Waals surface area contributed by atoms with E-state index >= 15 is 0 Å². The smallest absolute Gasteiger partial charge is 0.409 e. The zero-order chi connectivity index (χ0) is 26.0. The number of thiazole rings is 1. The van der Waals surface area contributed by atoms with Crippen molar-refractivity contribution in [1.29, 1.82) is 0 Å². The van der Waals surface area contributed by atoms with Gasteiger partial charge in [-0.1, -0.05) is 5.16 Å². The maximum atomic E-state index is 12.9. The largest absolute Gasteiger partial charge is 0.481 e. The number of β-lactam (4-membered cyclic amide) rings is 1. The molecule has 38 heavy (non-hydrogen) atoms. The SMILES string of the molecule is CON=C(C(=O)NC1C(=O)N2CC(COC(=O)N3CCN(C)CC3)(C(=O)O)CS[C@H]12)c1csc(N)n1.Cl.Cl. The molecule has 3 amide bonds. The van der Waals surface area contributed by atoms with Gasteiger partial charge in [0, 0.05) is 43.9 Å². The molecule has 4 rings (SSSR count). The van der Waals surface area contributed by atoms with Crippen molar-refractivity contribution in [1.82, 2.24) is 25.0 Å². The van der Waals surface area contributed by atoms with E-state index in [1.807, 2.05) is 7.05 Å². The summed E-state index contributed by atoms with van der Waals surface area (Å²) in [5.41, 5.74) is 4.26. The Kier molecular flexibility index (Phi) is 10.9. The Morgan fingerprint density at radius 2 is 1.97 bits per heavy atom. The van der Waals surface area contributed by atoms with Crippen LogP contribution in [0.5, 0.6) is 0 Å². The van der Waals surface area contributed by atoms with Crippen LogP contribution < -0.4 is 11.1 Å². The third-order valence-electron chi connectivity index (χ3n) is 6.28. The molecular weight excluding hydrogens is 585 g/mol. The highest BCUT2D eigenvalue weighted by Gasteiger charge is 2.58. The van der Waals surface area contributed by atoms with Gasteiger partial charge in [-0.2, -0.15) is 0 Å². The maximum Gasteiger partial charge on any atom is 0.409 e. The van der Waals surface area contributed by atoms with Gasteiger partial charge in [-0.3, -0.25) is 14.4 Å². The number of nitrogens with one attached hydrogen (secondary N) is 1. The first-order valence-corrected chi connectivity index (χ1v) is 13.0. The lowest BCUT2D eigenvalue weighted by Crippen LogP contribution is -2.74. The molecular formula is C20H29Cl2N7O7S2. The maximum absolute atomic E-state index is 12.9. The number of hydrogen-bond acceptors (Lipinski definition) is 12. The molecule has 3 aliphatic rings. The first-order valence-electron chi connectivity index (χ1n) is 11.0. The Labute approximate surface area is 239 Å². The number of aromatic nitrogens is 1. The molecule has 3 fully saturated rings. The van der Waals surface area contributed by atoms with Crippen LogP contribution in [-0.4, -0.2) is 125 Å². The van der Waals surface area contributed by atoms with Gasteiger partial charge in [0.1, 0.15) is 36.2 Å². The number of amides is 3. The van der Waals surface area contributed by atoms with Crippen molar-refractivity contribution in [3.63, 3.8) is 0 Å². The predicted octanol–water partition coefficient (Wildman–Crippen LogP) is -0.226. The topological polar surface area (TPSA) is 180 Å². The van der Waals surface area contributed by atoms with Crippen molar-refractivity contribution in [3.05, 3.63) is 11.1 Å². The van der Waals surface area contributed by atoms with Crippen molar-refractivity contribution < 1.29 is 33.9 Å². The van der Waals surface area contributed by atoms with Crippen LogP contribution in [0.4, 0.5) is 9.93 Å². The summed E-state index contributed by atoms with van der Waals surface area (Å²) in [4.78, 5) is 64.1. The van der Waals surface area contributed by atoms with Crippen LogP contribution >= 0.6 is 47.9 Å². The van der Waals surface area contributed by atoms with Gasteiger partial charge in [0.15, 0.2) is 10.8 Å². The van der Waals surface area contributed by atoms with Crippen LogP contribution in [0.2, 0.25) is 0 Å². The molecule has 3 saturated heterocycles. The first kappa shape index (κ1) is 31.7. The van der Waals surface area contributed by atoms with Crippen molar-refractivity contribution in [2.75, 3.05) is 65.0 Å². The van der Waals surface area contributed by atoms with Crippen molar-refractivity contribution in [3.8, 4) is 0 Å². The van der Waals surface area contributed by atoms with E-state index in [1.165, 1.54) is 23.8 Å². The van der Waals surface area contributed by atoms with Gasteiger partial charge in [0.2, 0.25) is 5.91 Å². The number of aliphatic carboxylic acids is 1. The molecule has 3 atom stereocenters. The number of oxime groups is 1. The number of halogens is 2. The Morgan fingerprint density at radius 3 is 2.55 bits per heavy atom. The molecule has 4 heterocycles. The third-order valence-corrected chi connectivity index (χ3v) is 8.54. The van der Waals surface area contributed by atoms with Gasteiger partial charge in [-0.15, -0.1) is 47.9 Å². The van der Waals surface area contributed by atoms with E-state index in [4.69, 9.17) is 15.3 Å². The minimum atomic E-state index is -1.45. The number of hydrogen-bond donors (Lipinski definition) is 3. The number of anilines is 1. The fourth-order valence-electron chi connectivity index (χ4n) is 4.09. The average Bonchev–Trinajstić information content (AvgIpc) is 3.29. The molecule has 0 bridgehead atoms. The van der Waals surface area contributed by atoms with Gasteiger partial charge in [-0.05, 0) is 7.05 Å². The highest BCUT2D eigenvalue weighted by Crippen LogP contribution is 2.42. The standard InChI is InChI=1S/C20H27N7O7S2.2ClH/c1-25-3-5-26(6-4-25)19(32)34-9-20(17(30)31)8-27-15(29)13(16(27)36-10-20)23-14(28)12(24-33-2)11-7-35-18(21)22-11;;/h7,13,16H,3-6,8-10H2,1-2H3,(H2,21,22)(H,23,28)(H,30,31);2*1H/t13?,16-,20?;;/m1../s1. The number of nitrogen functional groups attached to an aromatic ring is 1. The molecule has 14 nitrogen and oxygen atoms in total. The molecule has 0 spiro atoms. The number of thioether (sulfide) groups is 1. The zero-order valence-electron chi connectivity index (χ0n) is 20.5. The van der Waals surface area contributed by atoms with Crippen LogP contribution in [0.15, 0.2) is 10.5 Å². The molecule has 0 saturated carbocycles. The number of nitrogens with zero attached hydrogens (tertiary/aromatic N) is 5. The van der Waals surface area contributed by atoms with Crippen molar-refractivity contribution in [2.45, 2.75) is 11.4 Å². The summed E-state index contributed by atoms with van der Waals surface area (Å²) in [5, 5.41) is 17.6. The van der Waals surface area contributed by atoms with E-state index in [9.17, 15) is 24.3 Å². The van der Waals surface area contributed by atoms with Crippen LogP contribution in [0.1, 0.15) is 5.69 Å². The molecule has 4 N–H and O–H groups in total. The van der Waals surface area contributed by atoms with Crippen LogP contribution in [-0.2, 0) is 24.0 Å². The fraction of sp³-hybridized carbons (Fsp3) is 0.600. The van der Waals surface area contributed by atoms with E-state index in [0.29, 0.717) is 26.2 Å². The second kappa shape index (κ2) is 13.0. The molecule has 0 radical (unpaired) electrons. The summed E-state index contributed by atoms with van der Waals surface area (Å²) in [6, 6.07) is -0.875. The molecule has 212 valence electrons. The average molecular weight is 615 g/mol. The second-order valence-corrected chi connectivity index (χ2v) is 10.7. The summed E-state index contributed by atoms with van der Waals surface area (Å²) in [6.07, 6.45) is -0.566. The highest BCUT2D eigenvalue weighted by atomic mass is 35.5. The van der Waals surface area contributed by atoms with E-state index < -0.39 is 40.7 Å². The lowest BCUT2D eigenvalue weighted by molar-refractivity contribution is -0.160. The van der Waals surface area contributed by atoms with Crippen LogP contribution in [0, 0.1) is 5.41 Å². The number of rotatable bonds is 7. The molecule has 1 aromatic heterocycles. The number of ether oxygens (including phenoxy) is 1. The molecule has 18 heteroatoms. The summed E-state index contributed by atoms with van der Waals surface area (Å²) in [6.45, 7) is 1.92. The van der Waals surface area contributed by atoms with E-state index in [2.05, 4.69) is 20.4 Å². The monoisotopic (exact) mass is 613 g/mol. The zero-order valence-corrected chi connectivity index (χ0v) is 23.8. The third kappa shape index (κ3) is 6.36. The van der Waals surface area contributed by atoms with E-state index in [1.54, 1.807) is 10.3 Å². The van der Waals surface area contributed by atoms with Gasteiger partial charge >= 0.3 is 12.1 Å². The van der Waals surface area contributed by atoms with Crippen LogP contribution in [0.3, 0.4) is 0 Å². The number of carboxylic acid groups (broad SMARTS) is 1. The van der Waals surface area contributed by atoms with Gasteiger partial charge < -0.3 is 40.4 Å². The molecule has 3 aliphatic heterocycles. The number of nitrogens with two attached hydrogens (primary N) is 1. The van der Waals surface area contributed by atoms with Crippen molar-refractivity contribution >= 4 is 82.6 Å². The highest BCUT2D eigenvalue weighted by molar-refractivity contribution is 8.00. The number of piperazine rings is 1. The first-order chi connectivity index (χ1) is 17.1. The minimum absolute atomic E-state index is 0. The molecule has 2 unspecified atom stereocenters. The number of carbonyl (C=O) groups excluding carboxylic acids is 3. The minimum Gasteiger partial charge on any atom is -0.481 e. The second-order valence-electron chi connectivity index (χ2n) is 8.74. The Bertz CT molecular complexity index is 1090. The normalized spacial score (nSPS) is 25.2. The fourth-order valence-corrected chi connectivity index (χ4v) is 6.16. The van der Waals surface area contributed by atoms with Crippen molar-refractivity contribution in [2.24, 2.45) is 10.6 Å². The quantitative estimate of drug-likeness (QED) is 0.210. The summed E-state index contributed by atoms with van der Waals surface area (Å²) in [7, 11) is 3.23. The lowest BCUT2D eigenvalue weighted by Gasteiger charge is -2.53. The number of likely N-dealkylation sites (N-methyl/N-ethyl adjacent to an activating group) is 1. The van der Waals surface area contributed by atoms with E-state index in [0.717, 1.165) is 11.3 Å². The molecule has 0 aliphatic carbocycles. The Balaban J connectivity index is 0.00000253. The van der Waals surface area contributed by atoms with Crippen LogP contribution in [0.25, 0.3) is 0 Å². The predicted molar refractivity (Wildman–Crippen MR) is 145 cm³/mol. The van der Waals surface area contributed by atoms with Gasteiger partial charge in [0.05, 0.1) is 0 Å². The Morgan fingerprint density at radius 1 is 1.29 bits per heavy atom. The van der Waals surface area contributed by atoms with Gasteiger partial charge in [0.25, 0.3) is 5.91 Å². The number of carboxylic acids is 1. The summed E-state index contributed by atoms with van der Waals surface area (Å²) >= 11 is 2.33. The number of fused-ring (bicyclic) bond motifs is 1. The summed E-state index contributed by atoms with van der Waals surface area (Å²) < 4.78 is 5.39. The Hall–Kier alpha value is -2.53. The summed E-state index contributed by atoms with van der Waals surface area (Å²) in [5.74, 6) is -2.17. The van der Waals surface area contributed by atoms with E-state index in [-0.39, 0.29) is 60.3 Å².